The second kappa shape index (κ2) is 8.91. The average molecular weight is 397 g/mol. The van der Waals surface area contributed by atoms with Gasteiger partial charge in [-0.2, -0.15) is 5.10 Å². The minimum atomic E-state index is -0.350. The van der Waals surface area contributed by atoms with Crippen molar-refractivity contribution in [3.8, 4) is 11.3 Å². The topological polar surface area (TPSA) is 81.0 Å². The predicted octanol–water partition coefficient (Wildman–Crippen LogP) is 2.93. The number of aromatic nitrogens is 4. The molecule has 0 radical (unpaired) electrons. The van der Waals surface area contributed by atoms with E-state index in [1.54, 1.807) is 47.8 Å². The second-order valence-corrected chi connectivity index (χ2v) is 6.61. The Balaban J connectivity index is 1.63. The summed E-state index contributed by atoms with van der Waals surface area (Å²) in [6.07, 6.45) is 4.96. The molecular formula is C23H19N5O2. The molecule has 0 spiro atoms. The number of benzene rings is 1. The summed E-state index contributed by atoms with van der Waals surface area (Å²) in [5.41, 5.74) is 1.95. The fraction of sp³-hybridized carbons (Fsp3) is 0.0870. The van der Waals surface area contributed by atoms with Gasteiger partial charge >= 0.3 is 0 Å². The third kappa shape index (κ3) is 4.47. The maximum atomic E-state index is 13.2. The molecule has 30 heavy (non-hydrogen) atoms. The van der Waals surface area contributed by atoms with Crippen LogP contribution in [0.25, 0.3) is 11.3 Å². The molecule has 0 saturated carbocycles. The molecule has 0 unspecified atom stereocenters. The first kappa shape index (κ1) is 19.2. The van der Waals surface area contributed by atoms with Gasteiger partial charge in [0, 0.05) is 30.2 Å². The van der Waals surface area contributed by atoms with Crippen LogP contribution in [-0.2, 0) is 17.9 Å². The maximum absolute atomic E-state index is 13.2. The van der Waals surface area contributed by atoms with Gasteiger partial charge in [-0.25, -0.2) is 9.67 Å². The van der Waals surface area contributed by atoms with E-state index in [0.29, 0.717) is 18.1 Å². The zero-order chi connectivity index (χ0) is 20.8. The highest BCUT2D eigenvalue weighted by Crippen LogP contribution is 2.16. The average Bonchev–Trinajstić information content (AvgIpc) is 2.80. The third-order valence-electron chi connectivity index (χ3n) is 4.52. The number of hydrogen-bond acceptors (Lipinski definition) is 5. The number of nitrogens with zero attached hydrogens (tertiary/aromatic N) is 5. The lowest BCUT2D eigenvalue weighted by molar-refractivity contribution is -0.119. The zero-order valence-electron chi connectivity index (χ0n) is 16.1. The van der Waals surface area contributed by atoms with Crippen molar-refractivity contribution in [2.45, 2.75) is 13.1 Å². The van der Waals surface area contributed by atoms with Crippen LogP contribution in [0.1, 0.15) is 5.56 Å². The Morgan fingerprint density at radius 3 is 2.47 bits per heavy atom. The molecular weight excluding hydrogens is 378 g/mol. The minimum absolute atomic E-state index is 0.198. The number of hydrogen-bond donors (Lipinski definition) is 0. The predicted molar refractivity (Wildman–Crippen MR) is 114 cm³/mol. The highest BCUT2D eigenvalue weighted by atomic mass is 16.2. The lowest BCUT2D eigenvalue weighted by Crippen LogP contribution is -2.37. The number of amides is 1. The van der Waals surface area contributed by atoms with Gasteiger partial charge in [0.25, 0.3) is 5.56 Å². The van der Waals surface area contributed by atoms with E-state index in [1.165, 1.54) is 10.7 Å². The van der Waals surface area contributed by atoms with E-state index >= 15 is 0 Å². The van der Waals surface area contributed by atoms with Crippen LogP contribution in [0.2, 0.25) is 0 Å². The van der Waals surface area contributed by atoms with Crippen molar-refractivity contribution in [3.63, 3.8) is 0 Å². The molecule has 0 aliphatic heterocycles. The van der Waals surface area contributed by atoms with Crippen molar-refractivity contribution in [2.75, 3.05) is 4.90 Å². The van der Waals surface area contributed by atoms with E-state index in [0.717, 1.165) is 11.1 Å². The molecule has 7 nitrogen and oxygen atoms in total. The standard InChI is InChI=1S/C23H19N5O2/c29-22-12-11-20(19-9-6-13-24-15-19)26-28(22)17-23(30)27(21-10-4-5-14-25-21)16-18-7-2-1-3-8-18/h1-15H,16-17H2. The Morgan fingerprint density at radius 2 is 1.73 bits per heavy atom. The number of carbonyl (C=O) groups is 1. The van der Waals surface area contributed by atoms with Crippen molar-refractivity contribution in [3.05, 3.63) is 107 Å². The van der Waals surface area contributed by atoms with Crippen LogP contribution in [0.3, 0.4) is 0 Å². The molecule has 0 fully saturated rings. The van der Waals surface area contributed by atoms with Crippen molar-refractivity contribution in [2.24, 2.45) is 0 Å². The van der Waals surface area contributed by atoms with Crippen LogP contribution in [0.5, 0.6) is 0 Å². The molecule has 148 valence electrons. The highest BCUT2D eigenvalue weighted by Gasteiger charge is 2.19. The van der Waals surface area contributed by atoms with Gasteiger partial charge in [0.15, 0.2) is 0 Å². The Hall–Kier alpha value is -4.13. The van der Waals surface area contributed by atoms with Gasteiger partial charge in [-0.15, -0.1) is 0 Å². The first-order valence-electron chi connectivity index (χ1n) is 9.44. The smallest absolute Gasteiger partial charge is 0.267 e. The molecule has 4 rings (SSSR count). The van der Waals surface area contributed by atoms with Gasteiger partial charge in [0.2, 0.25) is 5.91 Å². The molecule has 0 aliphatic carbocycles. The molecule has 0 aliphatic rings. The third-order valence-corrected chi connectivity index (χ3v) is 4.52. The second-order valence-electron chi connectivity index (χ2n) is 6.61. The summed E-state index contributed by atoms with van der Waals surface area (Å²) in [6.45, 7) is 0.143. The lowest BCUT2D eigenvalue weighted by Gasteiger charge is -2.22. The van der Waals surface area contributed by atoms with Gasteiger partial charge in [-0.1, -0.05) is 36.4 Å². The molecule has 1 amide bonds. The summed E-state index contributed by atoms with van der Waals surface area (Å²) >= 11 is 0. The molecule has 3 heterocycles. The molecule has 0 N–H and O–H groups in total. The summed E-state index contributed by atoms with van der Waals surface area (Å²) < 4.78 is 1.17. The van der Waals surface area contributed by atoms with Crippen LogP contribution in [0.4, 0.5) is 5.82 Å². The monoisotopic (exact) mass is 397 g/mol. The Kier molecular flexibility index (Phi) is 5.70. The lowest BCUT2D eigenvalue weighted by atomic mass is 10.2. The van der Waals surface area contributed by atoms with Crippen LogP contribution in [0, 0.1) is 0 Å². The van der Waals surface area contributed by atoms with Crippen LogP contribution < -0.4 is 10.5 Å². The number of anilines is 1. The Bertz CT molecular complexity index is 1180. The van der Waals surface area contributed by atoms with E-state index < -0.39 is 0 Å². The number of rotatable bonds is 6. The molecule has 0 atom stereocenters. The summed E-state index contributed by atoms with van der Waals surface area (Å²) in [5.74, 6) is 0.235. The van der Waals surface area contributed by atoms with E-state index in [9.17, 15) is 9.59 Å². The molecule has 3 aromatic heterocycles. The van der Waals surface area contributed by atoms with Crippen LogP contribution in [-0.4, -0.2) is 25.7 Å². The van der Waals surface area contributed by atoms with Gasteiger partial charge in [0.05, 0.1) is 12.2 Å². The van der Waals surface area contributed by atoms with Crippen LogP contribution in [0.15, 0.2) is 96.2 Å². The van der Waals surface area contributed by atoms with E-state index in [2.05, 4.69) is 15.1 Å². The summed E-state index contributed by atoms with van der Waals surface area (Å²) in [6, 6.07) is 21.7. The molecule has 0 saturated heterocycles. The summed E-state index contributed by atoms with van der Waals surface area (Å²) in [4.78, 5) is 35.5. The van der Waals surface area contributed by atoms with Gasteiger partial charge in [-0.3, -0.25) is 19.5 Å². The minimum Gasteiger partial charge on any atom is -0.291 e. The highest BCUT2D eigenvalue weighted by molar-refractivity contribution is 5.92. The number of carbonyl (C=O) groups excluding carboxylic acids is 1. The normalized spacial score (nSPS) is 10.5. The first-order chi connectivity index (χ1) is 14.7. The Morgan fingerprint density at radius 1 is 0.900 bits per heavy atom. The maximum Gasteiger partial charge on any atom is 0.267 e. The Labute approximate surface area is 173 Å². The largest absolute Gasteiger partial charge is 0.291 e. The van der Waals surface area contributed by atoms with Gasteiger partial charge in [0.1, 0.15) is 12.4 Å². The van der Waals surface area contributed by atoms with Gasteiger partial charge < -0.3 is 0 Å². The summed E-state index contributed by atoms with van der Waals surface area (Å²) in [5, 5.41) is 4.36. The zero-order valence-corrected chi connectivity index (χ0v) is 16.1. The fourth-order valence-electron chi connectivity index (χ4n) is 3.02. The molecule has 7 heteroatoms. The summed E-state index contributed by atoms with van der Waals surface area (Å²) in [7, 11) is 0. The molecule has 0 bridgehead atoms. The van der Waals surface area contributed by atoms with Crippen molar-refractivity contribution in [1.82, 2.24) is 19.7 Å². The van der Waals surface area contributed by atoms with E-state index in [4.69, 9.17) is 0 Å². The molecule has 4 aromatic rings. The van der Waals surface area contributed by atoms with Crippen molar-refractivity contribution in [1.29, 1.82) is 0 Å². The fourth-order valence-corrected chi connectivity index (χ4v) is 3.02. The van der Waals surface area contributed by atoms with E-state index in [1.807, 2.05) is 42.5 Å². The number of pyridine rings is 2. The van der Waals surface area contributed by atoms with E-state index in [-0.39, 0.29) is 18.0 Å². The first-order valence-corrected chi connectivity index (χ1v) is 9.44. The van der Waals surface area contributed by atoms with Crippen molar-refractivity contribution >= 4 is 11.7 Å². The quantitative estimate of drug-likeness (QED) is 0.500. The van der Waals surface area contributed by atoms with Crippen LogP contribution >= 0.6 is 0 Å². The SMILES string of the molecule is O=C(Cn1nc(-c2cccnc2)ccc1=O)N(Cc1ccccc1)c1ccccn1. The molecule has 1 aromatic carbocycles. The van der Waals surface area contributed by atoms with Crippen molar-refractivity contribution < 1.29 is 4.79 Å². The van der Waals surface area contributed by atoms with Gasteiger partial charge in [-0.05, 0) is 35.9 Å².